The van der Waals surface area contributed by atoms with Crippen molar-refractivity contribution in [1.82, 2.24) is 74.4 Å². The number of carbonyl (C=O) groups is 19. The smallest absolute Gasteiger partial charge is 0.305 e. The summed E-state index contributed by atoms with van der Waals surface area (Å²) in [4.78, 5) is 264. The van der Waals surface area contributed by atoms with Gasteiger partial charge in [-0.05, 0) is 110 Å². The lowest BCUT2D eigenvalue weighted by Crippen LogP contribution is -2.62. The van der Waals surface area contributed by atoms with Gasteiger partial charge >= 0.3 is 23.9 Å². The van der Waals surface area contributed by atoms with Crippen LogP contribution >= 0.6 is 35.3 Å². The number of thioether (sulfide) groups is 3. The van der Waals surface area contributed by atoms with Crippen molar-refractivity contribution in [3.05, 3.63) is 132 Å². The van der Waals surface area contributed by atoms with E-state index in [1.54, 1.807) is 72.8 Å². The normalized spacial score (nSPS) is 24.7. The monoisotopic (exact) mass is 2110 g/mol. The number of hydrogen-bond donors (Lipinski definition) is 22. The van der Waals surface area contributed by atoms with Crippen LogP contribution in [0.1, 0.15) is 110 Å². The molecule has 0 aromatic heterocycles. The highest BCUT2D eigenvalue weighted by Crippen LogP contribution is 2.29. The number of nitrogens with two attached hydrogens (primary N) is 3. The summed E-state index contributed by atoms with van der Waals surface area (Å²) in [5, 5.41) is 86.1. The van der Waals surface area contributed by atoms with Gasteiger partial charge in [-0.1, -0.05) is 106 Å². The molecule has 0 aliphatic carbocycles. The zero-order valence-corrected chi connectivity index (χ0v) is 83.5. The van der Waals surface area contributed by atoms with Crippen LogP contribution < -0.4 is 91.6 Å². The summed E-state index contributed by atoms with van der Waals surface area (Å²) in [6.07, 6.45) is -8.22. The first-order valence-corrected chi connectivity index (χ1v) is 53.3. The second-order valence-corrected chi connectivity index (χ2v) is 44.7. The minimum atomic E-state index is -5.02. The van der Waals surface area contributed by atoms with Gasteiger partial charge in [0.2, 0.25) is 88.6 Å². The van der Waals surface area contributed by atoms with Gasteiger partial charge in [0.15, 0.2) is 29.5 Å². The second-order valence-electron chi connectivity index (χ2n) is 35.0. The van der Waals surface area contributed by atoms with E-state index in [1.165, 1.54) is 52.0 Å². The molecule has 0 fully saturated rings. The number of sulfone groups is 3. The molecule has 0 saturated heterocycles. The number of primary amides is 2. The molecule has 780 valence electrons. The highest BCUT2D eigenvalue weighted by atomic mass is 32.2. The van der Waals surface area contributed by atoms with Gasteiger partial charge in [0.05, 0.1) is 62.9 Å². The highest BCUT2D eigenvalue weighted by molar-refractivity contribution is 8.01. The van der Waals surface area contributed by atoms with E-state index < -0.39 is 375 Å². The Morgan fingerprint density at radius 2 is 0.853 bits per heavy atom. The number of phenolic OH excluding ortho intramolecular Hbond substituents is 1. The van der Waals surface area contributed by atoms with Crippen LogP contribution in [0.3, 0.4) is 0 Å². The maximum atomic E-state index is 15.3. The fourth-order valence-electron chi connectivity index (χ4n) is 14.4. The number of hydrogen-bond acceptors (Lipinski definition) is 31. The van der Waals surface area contributed by atoms with Gasteiger partial charge in [-0.15, -0.1) is 0 Å². The number of benzene rings is 5. The van der Waals surface area contributed by atoms with E-state index in [1.807, 2.05) is 0 Å². The molecule has 4 bridgehead atoms. The van der Waals surface area contributed by atoms with Crippen molar-refractivity contribution in [2.24, 2.45) is 22.6 Å². The Bertz CT molecular complexity index is 5880. The Balaban J connectivity index is 1.41. The summed E-state index contributed by atoms with van der Waals surface area (Å²) in [7, 11) is -14.9. The first kappa shape index (κ1) is 117. The van der Waals surface area contributed by atoms with Crippen molar-refractivity contribution >= 4 is 188 Å². The van der Waals surface area contributed by atoms with Gasteiger partial charge in [-0.2, -0.15) is 35.3 Å². The molecule has 2 aliphatic heterocycles. The number of carbonyl (C=O) groups excluding carboxylic acids is 15. The van der Waals surface area contributed by atoms with Gasteiger partial charge < -0.3 is 117 Å². The average molecular weight is 2110 g/mol. The van der Waals surface area contributed by atoms with Crippen LogP contribution in [0, 0.1) is 5.41 Å². The number of nitrogens with one attached hydrogen (secondary N) is 14. The predicted octanol–water partition coefficient (Wildman–Crippen LogP) is -4.06. The molecule has 0 radical (unpaired) electrons. The van der Waals surface area contributed by atoms with E-state index in [-0.39, 0.29) is 17.7 Å². The predicted molar refractivity (Wildman–Crippen MR) is 521 cm³/mol. The molecule has 2 aliphatic rings. The van der Waals surface area contributed by atoms with Crippen LogP contribution in [0.25, 0.3) is 10.8 Å². The molecule has 47 nitrogen and oxygen atoms in total. The van der Waals surface area contributed by atoms with E-state index in [0.29, 0.717) is 75.4 Å². The van der Waals surface area contributed by atoms with Crippen molar-refractivity contribution in [1.29, 1.82) is 0 Å². The third kappa shape index (κ3) is 37.9. The van der Waals surface area contributed by atoms with E-state index in [2.05, 4.69) is 74.4 Å². The number of aromatic hydroxyl groups is 1. The Labute approximate surface area is 835 Å². The number of rotatable bonds is 22. The van der Waals surface area contributed by atoms with E-state index in [0.717, 1.165) is 13.8 Å². The Morgan fingerprint density at radius 3 is 1.36 bits per heavy atom. The Hall–Kier alpha value is -13.1. The van der Waals surface area contributed by atoms with Crippen molar-refractivity contribution in [2.45, 2.75) is 217 Å². The number of carboxylic acid groups (broad SMARTS) is 4. The minimum Gasteiger partial charge on any atom is -0.508 e. The topological polar surface area (TPSA) is 774 Å². The Kier molecular flexibility index (Phi) is 44.5. The van der Waals surface area contributed by atoms with Gasteiger partial charge in [0.25, 0.3) is 0 Å². The molecule has 0 saturated carbocycles. The van der Waals surface area contributed by atoms with E-state index >= 15 is 19.2 Å². The highest BCUT2D eigenvalue weighted by Gasteiger charge is 2.42. The molecule has 5 aromatic rings. The molecule has 0 unspecified atom stereocenters. The van der Waals surface area contributed by atoms with Crippen LogP contribution in [0.15, 0.2) is 130 Å². The molecule has 53 heteroatoms. The van der Waals surface area contributed by atoms with Gasteiger partial charge in [-0.25, -0.2) is 25.3 Å². The largest absolute Gasteiger partial charge is 0.508 e. The fourth-order valence-corrected chi connectivity index (χ4v) is 23.1. The Morgan fingerprint density at radius 1 is 0.434 bits per heavy atom. The van der Waals surface area contributed by atoms with E-state index in [4.69, 9.17) is 17.2 Å². The van der Waals surface area contributed by atoms with Crippen LogP contribution in [0.5, 0.6) is 5.75 Å². The van der Waals surface area contributed by atoms with Crippen LogP contribution in [-0.2, 0) is 140 Å². The molecular weight excluding hydrogens is 1990 g/mol. The molecule has 0 spiro atoms. The lowest BCUT2D eigenvalue weighted by molar-refractivity contribution is -0.139. The number of phenols is 1. The van der Waals surface area contributed by atoms with Crippen molar-refractivity contribution in [2.75, 3.05) is 58.3 Å². The number of fused-ring (bicyclic) bond motifs is 8. The minimum absolute atomic E-state index is 0.235. The van der Waals surface area contributed by atoms with Crippen LogP contribution in [0.4, 0.5) is 0 Å². The molecule has 143 heavy (non-hydrogen) atoms. The molecule has 2 heterocycles. The van der Waals surface area contributed by atoms with Gasteiger partial charge in [0, 0.05) is 73.2 Å². The average Bonchev–Trinajstić information content (AvgIpc) is 0.774. The number of amides is 15. The standard InChI is InChI=1S/C90H119N17O30S6/c1-47(91)77(119)105-68-45-139-30-33-142(134,135)57-39-56-40-58(41-57)143(136,137)34-31-140-46-69(106-79(121)49(3)95-84(126)65(37-53-17-12-16-52-15-10-11-18-59(52)53)103-81(123)61(24-27-72(112)113)98-86(128)66(42-70(92)109)101-78(120)48(2)96-87(68)129)88(130)100-60(23-26-71(110)111)80(122)97-54(38-74(116)117)43-94-63(35-50-13-8-7-9-14-50)83(125)102-64(36-51-19-21-55(108)22-20-51)85(127)99-62(25-28-73(114)115)82(124)107-75(90(4,5)6)89(131)104-67(76(93)118)44-138-29-32-141(56,132)133/h7-22,39-41,47-49,54,60-69,75,94,108H,23-38,42-46,91H2,1-6H3,(H2,92,109)(H2,93,118)(H,95,126)(H,96,129)(H,97,122)(H,98,128)(H,99,127)(H,100,130)(H,101,120)(H,102,125)(H,103,123)(H,104,131)(H,105,119)(H,106,121)(H,107,124)(H,110,111)(H,112,113)(H,114,115)(H,116,117)/t47-,48+,49+,54-,60-,61-,62-,63-,64-,65-,66-,67-,68-,69+,75+/m0/s1. The SMILES string of the molecule is C[C@H](N)C(=O)N[C@H]1CSCCS(=O)(=O)c2cc3cc(c2)S(=O)(=O)CCSC[C@@H](NC(=O)[C@@H](C)NC(=O)[C@H](Cc2cccc4ccccc24)NC(=O)[C@H](CCC(=O)O)NC(=O)[C@H](CC(N)=O)NC(=O)[C@@H](C)NC1=O)C(=O)N[C@@H](CCC(=O)O)C(=O)N[C@@H](CC(=O)O)CN[C@@H](Cc1ccccc1)C(=O)N[C@@H](Cc1ccc(O)cc1)C(=O)N[C@@H](CCC(=O)O)C(=O)N[C@@H](C(C)(C)C)C(=O)N[C@H](C(N)=O)CSCCS3(=O)=O. The number of aliphatic carboxylic acids is 4. The van der Waals surface area contributed by atoms with Crippen molar-refractivity contribution < 1.29 is 142 Å². The van der Waals surface area contributed by atoms with Crippen molar-refractivity contribution in [3.63, 3.8) is 0 Å². The summed E-state index contributed by atoms with van der Waals surface area (Å²) in [5.74, 6) is -31.4. The lowest BCUT2D eigenvalue weighted by atomic mass is 9.85. The molecular formula is C90H119N17O30S6. The first-order valence-electron chi connectivity index (χ1n) is 44.8. The summed E-state index contributed by atoms with van der Waals surface area (Å²) < 4.78 is 89.1. The maximum absolute atomic E-state index is 15.3. The molecule has 5 aromatic carbocycles. The van der Waals surface area contributed by atoms with Gasteiger partial charge in [0.1, 0.15) is 78.3 Å². The molecule has 15 atom stereocenters. The maximum Gasteiger partial charge on any atom is 0.305 e. The molecule has 15 amide bonds. The summed E-state index contributed by atoms with van der Waals surface area (Å²) >= 11 is 1.87. The second kappa shape index (κ2) is 54.4. The number of carboxylic acids is 4. The fraction of sp³-hybridized carbons (Fsp3) is 0.478. The van der Waals surface area contributed by atoms with Crippen LogP contribution in [-0.4, -0.2) is 312 Å². The van der Waals surface area contributed by atoms with E-state index in [9.17, 15) is 123 Å². The van der Waals surface area contributed by atoms with Crippen LogP contribution in [0.2, 0.25) is 0 Å². The van der Waals surface area contributed by atoms with Crippen molar-refractivity contribution in [3.8, 4) is 5.75 Å². The first-order chi connectivity index (χ1) is 67.1. The van der Waals surface area contributed by atoms with Gasteiger partial charge in [-0.3, -0.25) is 91.1 Å². The third-order valence-electron chi connectivity index (χ3n) is 22.3. The summed E-state index contributed by atoms with van der Waals surface area (Å²) in [6.45, 7) is 7.04. The summed E-state index contributed by atoms with van der Waals surface area (Å²) in [5.41, 5.74) is 16.9. The molecule has 25 N–H and O–H groups in total. The zero-order chi connectivity index (χ0) is 106. The zero-order valence-electron chi connectivity index (χ0n) is 78.6. The quantitative estimate of drug-likeness (QED) is 0.0314. The summed E-state index contributed by atoms with van der Waals surface area (Å²) in [6, 6.07) is -0.319. The lowest BCUT2D eigenvalue weighted by Gasteiger charge is -2.33. The third-order valence-corrected chi connectivity index (χ3v) is 31.4. The molecule has 7 rings (SSSR count).